The van der Waals surface area contributed by atoms with Crippen LogP contribution in [0.25, 0.3) is 0 Å². The highest BCUT2D eigenvalue weighted by atomic mass is 19.1. The lowest BCUT2D eigenvalue weighted by Gasteiger charge is -2.19. The van der Waals surface area contributed by atoms with Crippen molar-refractivity contribution in [2.24, 2.45) is 5.92 Å². The summed E-state index contributed by atoms with van der Waals surface area (Å²) in [5.41, 5.74) is 2.76. The molecule has 0 aliphatic carbocycles. The number of hydrogen-bond donors (Lipinski definition) is 1. The monoisotopic (exact) mass is 326 g/mol. The van der Waals surface area contributed by atoms with Crippen LogP contribution in [0, 0.1) is 25.6 Å². The first-order chi connectivity index (χ1) is 11.5. The van der Waals surface area contributed by atoms with Crippen LogP contribution in [0.3, 0.4) is 0 Å². The predicted molar refractivity (Wildman–Crippen MR) is 91.4 cm³/mol. The van der Waals surface area contributed by atoms with Gasteiger partial charge in [-0.2, -0.15) is 0 Å². The van der Waals surface area contributed by atoms with Crippen LogP contribution in [-0.2, 0) is 9.59 Å². The van der Waals surface area contributed by atoms with Crippen molar-refractivity contribution in [3.05, 3.63) is 59.4 Å². The van der Waals surface area contributed by atoms with Crippen molar-refractivity contribution in [3.8, 4) is 0 Å². The zero-order valence-corrected chi connectivity index (χ0v) is 13.7. The van der Waals surface area contributed by atoms with Gasteiger partial charge in [0.05, 0.1) is 5.92 Å². The van der Waals surface area contributed by atoms with E-state index < -0.39 is 5.92 Å². The molecule has 3 rings (SSSR count). The number of aryl methyl sites for hydroxylation is 2. The Labute approximate surface area is 140 Å². The van der Waals surface area contributed by atoms with Crippen molar-refractivity contribution in [1.82, 2.24) is 0 Å². The average molecular weight is 326 g/mol. The topological polar surface area (TPSA) is 49.4 Å². The number of amides is 2. The van der Waals surface area contributed by atoms with E-state index in [2.05, 4.69) is 5.32 Å². The summed E-state index contributed by atoms with van der Waals surface area (Å²) >= 11 is 0. The SMILES string of the molecule is Cc1ccc(NC(=O)[C@H]2CC(=O)N(c3ccccc3C)C2)cc1F. The molecule has 5 heteroatoms. The number of carbonyl (C=O) groups excluding carboxylic acids is 2. The van der Waals surface area contributed by atoms with Crippen molar-refractivity contribution in [3.63, 3.8) is 0 Å². The predicted octanol–water partition coefficient (Wildman–Crippen LogP) is 3.43. The fourth-order valence-corrected chi connectivity index (χ4v) is 2.90. The molecule has 2 aromatic carbocycles. The molecule has 1 aliphatic rings. The summed E-state index contributed by atoms with van der Waals surface area (Å²) in [5.74, 6) is -1.14. The summed E-state index contributed by atoms with van der Waals surface area (Å²) in [6.45, 7) is 3.94. The van der Waals surface area contributed by atoms with Crippen molar-refractivity contribution < 1.29 is 14.0 Å². The third kappa shape index (κ3) is 3.15. The van der Waals surface area contributed by atoms with Crippen LogP contribution in [0.15, 0.2) is 42.5 Å². The van der Waals surface area contributed by atoms with Gasteiger partial charge in [0.25, 0.3) is 0 Å². The van der Waals surface area contributed by atoms with Gasteiger partial charge in [0, 0.05) is 24.3 Å². The number of nitrogens with zero attached hydrogens (tertiary/aromatic N) is 1. The molecule has 0 unspecified atom stereocenters. The minimum Gasteiger partial charge on any atom is -0.326 e. The van der Waals surface area contributed by atoms with Crippen molar-refractivity contribution in [2.45, 2.75) is 20.3 Å². The molecule has 0 saturated carbocycles. The lowest BCUT2D eigenvalue weighted by molar-refractivity contribution is -0.122. The molecule has 124 valence electrons. The first-order valence-electron chi connectivity index (χ1n) is 7.88. The Morgan fingerprint density at radius 2 is 1.92 bits per heavy atom. The van der Waals surface area contributed by atoms with Crippen molar-refractivity contribution in [1.29, 1.82) is 0 Å². The van der Waals surface area contributed by atoms with Crippen LogP contribution in [0.1, 0.15) is 17.5 Å². The number of para-hydroxylation sites is 1. The van der Waals surface area contributed by atoms with Gasteiger partial charge >= 0.3 is 0 Å². The first-order valence-corrected chi connectivity index (χ1v) is 7.88. The molecular weight excluding hydrogens is 307 g/mol. The zero-order chi connectivity index (χ0) is 17.3. The maximum absolute atomic E-state index is 13.6. The molecule has 1 aliphatic heterocycles. The Hall–Kier alpha value is -2.69. The molecule has 1 atom stereocenters. The van der Waals surface area contributed by atoms with Crippen LogP contribution in [0.2, 0.25) is 0 Å². The lowest BCUT2D eigenvalue weighted by Crippen LogP contribution is -2.28. The van der Waals surface area contributed by atoms with Gasteiger partial charge in [0.15, 0.2) is 0 Å². The van der Waals surface area contributed by atoms with Crippen LogP contribution in [0.5, 0.6) is 0 Å². The van der Waals surface area contributed by atoms with E-state index in [0.29, 0.717) is 17.8 Å². The highest BCUT2D eigenvalue weighted by Crippen LogP contribution is 2.28. The van der Waals surface area contributed by atoms with Crippen LogP contribution < -0.4 is 10.2 Å². The molecule has 0 spiro atoms. The Kier molecular flexibility index (Phi) is 4.34. The average Bonchev–Trinajstić information content (AvgIpc) is 2.93. The molecule has 4 nitrogen and oxygen atoms in total. The fraction of sp³-hybridized carbons (Fsp3) is 0.263. The van der Waals surface area contributed by atoms with E-state index in [1.54, 1.807) is 24.0 Å². The van der Waals surface area contributed by atoms with Crippen molar-refractivity contribution >= 4 is 23.2 Å². The normalized spacial score (nSPS) is 17.2. The number of carbonyl (C=O) groups is 2. The third-order valence-electron chi connectivity index (χ3n) is 4.34. The summed E-state index contributed by atoms with van der Waals surface area (Å²) in [7, 11) is 0. The summed E-state index contributed by atoms with van der Waals surface area (Å²) in [6, 6.07) is 12.2. The minimum atomic E-state index is -0.443. The molecule has 1 N–H and O–H groups in total. The number of anilines is 2. The van der Waals surface area contributed by atoms with Gasteiger partial charge in [0.1, 0.15) is 5.82 Å². The Balaban J connectivity index is 1.72. The second-order valence-corrected chi connectivity index (χ2v) is 6.15. The minimum absolute atomic E-state index is 0.0699. The molecule has 0 radical (unpaired) electrons. The molecular formula is C19H19FN2O2. The second kappa shape index (κ2) is 6.43. The van der Waals surface area contributed by atoms with E-state index in [-0.39, 0.29) is 24.1 Å². The second-order valence-electron chi connectivity index (χ2n) is 6.15. The maximum atomic E-state index is 13.6. The maximum Gasteiger partial charge on any atom is 0.229 e. The highest BCUT2D eigenvalue weighted by molar-refractivity contribution is 6.03. The third-order valence-corrected chi connectivity index (χ3v) is 4.34. The molecule has 24 heavy (non-hydrogen) atoms. The lowest BCUT2D eigenvalue weighted by atomic mass is 10.1. The van der Waals surface area contributed by atoms with Crippen LogP contribution >= 0.6 is 0 Å². The fourth-order valence-electron chi connectivity index (χ4n) is 2.90. The summed E-state index contributed by atoms with van der Waals surface area (Å²) < 4.78 is 13.6. The summed E-state index contributed by atoms with van der Waals surface area (Å²) in [5, 5.41) is 2.70. The highest BCUT2D eigenvalue weighted by Gasteiger charge is 2.35. The zero-order valence-electron chi connectivity index (χ0n) is 13.7. The number of halogens is 1. The molecule has 0 aromatic heterocycles. The molecule has 1 heterocycles. The Morgan fingerprint density at radius 3 is 2.62 bits per heavy atom. The van der Waals surface area contributed by atoms with Gasteiger partial charge in [-0.25, -0.2) is 4.39 Å². The summed E-state index contributed by atoms with van der Waals surface area (Å²) in [6.07, 6.45) is 0.161. The Morgan fingerprint density at radius 1 is 1.17 bits per heavy atom. The summed E-state index contributed by atoms with van der Waals surface area (Å²) in [4.78, 5) is 26.3. The molecule has 2 amide bonds. The molecule has 1 fully saturated rings. The van der Waals surface area contributed by atoms with Gasteiger partial charge in [-0.3, -0.25) is 9.59 Å². The van der Waals surface area contributed by atoms with E-state index in [0.717, 1.165) is 11.3 Å². The standard InChI is InChI=1S/C19H19FN2O2/c1-12-7-8-15(10-16(12)20)21-19(24)14-9-18(23)22(11-14)17-6-4-3-5-13(17)2/h3-8,10,14H,9,11H2,1-2H3,(H,21,24)/t14-/m0/s1. The smallest absolute Gasteiger partial charge is 0.229 e. The molecule has 2 aromatic rings. The van der Waals surface area contributed by atoms with Gasteiger partial charge in [-0.05, 0) is 43.2 Å². The van der Waals surface area contributed by atoms with E-state index in [4.69, 9.17) is 0 Å². The van der Waals surface area contributed by atoms with Gasteiger partial charge < -0.3 is 10.2 Å². The van der Waals surface area contributed by atoms with Gasteiger partial charge in [0.2, 0.25) is 11.8 Å². The number of hydrogen-bond acceptors (Lipinski definition) is 2. The van der Waals surface area contributed by atoms with Crippen LogP contribution in [0.4, 0.5) is 15.8 Å². The molecule has 1 saturated heterocycles. The van der Waals surface area contributed by atoms with Crippen molar-refractivity contribution in [2.75, 3.05) is 16.8 Å². The quantitative estimate of drug-likeness (QED) is 0.939. The van der Waals surface area contributed by atoms with E-state index in [1.807, 2.05) is 31.2 Å². The number of rotatable bonds is 3. The van der Waals surface area contributed by atoms with Crippen LogP contribution in [-0.4, -0.2) is 18.4 Å². The van der Waals surface area contributed by atoms with E-state index in [1.165, 1.54) is 6.07 Å². The number of benzene rings is 2. The Bertz CT molecular complexity index is 804. The van der Waals surface area contributed by atoms with Gasteiger partial charge in [-0.15, -0.1) is 0 Å². The van der Waals surface area contributed by atoms with E-state index >= 15 is 0 Å². The first kappa shape index (κ1) is 16.2. The van der Waals surface area contributed by atoms with E-state index in [9.17, 15) is 14.0 Å². The largest absolute Gasteiger partial charge is 0.326 e. The van der Waals surface area contributed by atoms with Gasteiger partial charge in [-0.1, -0.05) is 24.3 Å². The number of nitrogens with one attached hydrogen (secondary N) is 1. The molecule has 0 bridgehead atoms.